The van der Waals surface area contributed by atoms with Gasteiger partial charge in [-0.1, -0.05) is 37.3 Å². The van der Waals surface area contributed by atoms with E-state index in [9.17, 15) is 0 Å². The first-order chi connectivity index (χ1) is 7.40. The Morgan fingerprint density at radius 1 is 1.20 bits per heavy atom. The number of aliphatic hydroxyl groups is 1. The second-order valence-corrected chi connectivity index (χ2v) is 4.35. The third kappa shape index (κ3) is 2.78. The van der Waals surface area contributed by atoms with E-state index in [1.165, 1.54) is 44.9 Å². The van der Waals surface area contributed by atoms with E-state index in [-0.39, 0.29) is 6.61 Å². The van der Waals surface area contributed by atoms with Crippen molar-refractivity contribution in [2.45, 2.75) is 57.6 Å². The fourth-order valence-electron chi connectivity index (χ4n) is 2.26. The minimum atomic E-state index is -0.00722. The van der Waals surface area contributed by atoms with Gasteiger partial charge in [-0.2, -0.15) is 0 Å². The van der Waals surface area contributed by atoms with Crippen LogP contribution >= 0.6 is 0 Å². The zero-order valence-electron chi connectivity index (χ0n) is 9.10. The average Bonchev–Trinajstić information content (AvgIpc) is 2.65. The van der Waals surface area contributed by atoms with Gasteiger partial charge in [0.25, 0.3) is 0 Å². The summed E-state index contributed by atoms with van der Waals surface area (Å²) in [5.74, 6) is 0. The largest absolute Gasteiger partial charge is 0.390 e. The van der Waals surface area contributed by atoms with Crippen LogP contribution in [0.4, 0.5) is 0 Å². The molecule has 0 radical (unpaired) electrons. The highest BCUT2D eigenvalue weighted by Crippen LogP contribution is 2.25. The molecule has 1 aliphatic rings. The molecule has 0 spiro atoms. The average molecular weight is 209 g/mol. The van der Waals surface area contributed by atoms with Gasteiger partial charge in [-0.25, -0.2) is 4.68 Å². The Morgan fingerprint density at radius 3 is 2.47 bits per heavy atom. The Labute approximate surface area is 90.3 Å². The number of aliphatic hydroxyl groups excluding tert-OH is 1. The van der Waals surface area contributed by atoms with Crippen LogP contribution in [-0.4, -0.2) is 20.1 Å². The van der Waals surface area contributed by atoms with E-state index in [2.05, 4.69) is 10.3 Å². The van der Waals surface area contributed by atoms with Gasteiger partial charge in [0.2, 0.25) is 0 Å². The number of rotatable bonds is 2. The molecule has 1 aromatic heterocycles. The maximum Gasteiger partial charge on any atom is 0.108 e. The molecular weight excluding hydrogens is 190 g/mol. The molecule has 0 atom stereocenters. The molecule has 0 amide bonds. The Kier molecular flexibility index (Phi) is 3.72. The van der Waals surface area contributed by atoms with Gasteiger partial charge in [0.15, 0.2) is 0 Å². The summed E-state index contributed by atoms with van der Waals surface area (Å²) < 4.78 is 1.94. The van der Waals surface area contributed by atoms with Gasteiger partial charge in [-0.3, -0.25) is 0 Å². The molecule has 1 aromatic rings. The molecule has 1 heterocycles. The summed E-state index contributed by atoms with van der Waals surface area (Å²) in [4.78, 5) is 0. The highest BCUT2D eigenvalue weighted by molar-refractivity contribution is 4.90. The minimum Gasteiger partial charge on any atom is -0.390 e. The molecule has 2 rings (SSSR count). The van der Waals surface area contributed by atoms with Crippen molar-refractivity contribution in [1.82, 2.24) is 15.0 Å². The minimum absolute atomic E-state index is 0.00722. The summed E-state index contributed by atoms with van der Waals surface area (Å²) in [7, 11) is 0. The number of hydrogen-bond donors (Lipinski definition) is 1. The SMILES string of the molecule is OCc1cn(C2CCCCCCC2)nn1. The molecule has 0 unspecified atom stereocenters. The molecule has 1 N–H and O–H groups in total. The van der Waals surface area contributed by atoms with Crippen molar-refractivity contribution in [3.63, 3.8) is 0 Å². The molecule has 0 bridgehead atoms. The zero-order chi connectivity index (χ0) is 10.5. The van der Waals surface area contributed by atoms with Gasteiger partial charge in [-0.05, 0) is 12.8 Å². The van der Waals surface area contributed by atoms with E-state index < -0.39 is 0 Å². The summed E-state index contributed by atoms with van der Waals surface area (Å²) in [6.07, 6.45) is 10.9. The summed E-state index contributed by atoms with van der Waals surface area (Å²) in [5.41, 5.74) is 0.678. The Hall–Kier alpha value is -0.900. The number of aromatic nitrogens is 3. The molecule has 4 nitrogen and oxygen atoms in total. The summed E-state index contributed by atoms with van der Waals surface area (Å²) in [6, 6.07) is 0.498. The van der Waals surface area contributed by atoms with Gasteiger partial charge in [-0.15, -0.1) is 5.10 Å². The van der Waals surface area contributed by atoms with Crippen molar-refractivity contribution in [3.05, 3.63) is 11.9 Å². The quantitative estimate of drug-likeness (QED) is 0.811. The first-order valence-corrected chi connectivity index (χ1v) is 5.91. The van der Waals surface area contributed by atoms with Gasteiger partial charge in [0.1, 0.15) is 5.69 Å². The highest BCUT2D eigenvalue weighted by Gasteiger charge is 2.14. The van der Waals surface area contributed by atoms with Gasteiger partial charge >= 0.3 is 0 Å². The lowest BCUT2D eigenvalue weighted by Crippen LogP contribution is -2.11. The summed E-state index contributed by atoms with van der Waals surface area (Å²) >= 11 is 0. The maximum atomic E-state index is 8.93. The third-order valence-electron chi connectivity index (χ3n) is 3.17. The normalized spacial score (nSPS) is 19.8. The standard InChI is InChI=1S/C11H19N3O/c15-9-10-8-14(13-12-10)11-6-4-2-1-3-5-7-11/h8,11,15H,1-7,9H2. The van der Waals surface area contributed by atoms with Gasteiger partial charge in [0.05, 0.1) is 18.8 Å². The Bertz CT molecular complexity index is 290. The third-order valence-corrected chi connectivity index (χ3v) is 3.17. The van der Waals surface area contributed by atoms with E-state index in [0.29, 0.717) is 11.7 Å². The second kappa shape index (κ2) is 5.26. The van der Waals surface area contributed by atoms with E-state index >= 15 is 0 Å². The van der Waals surface area contributed by atoms with Crippen LogP contribution in [0.15, 0.2) is 6.20 Å². The molecule has 15 heavy (non-hydrogen) atoms. The number of hydrogen-bond acceptors (Lipinski definition) is 3. The Balaban J connectivity index is 2.00. The monoisotopic (exact) mass is 209 g/mol. The van der Waals surface area contributed by atoms with E-state index in [1.807, 2.05) is 10.9 Å². The fourth-order valence-corrected chi connectivity index (χ4v) is 2.26. The van der Waals surface area contributed by atoms with Gasteiger partial charge < -0.3 is 5.11 Å². The first-order valence-electron chi connectivity index (χ1n) is 5.91. The van der Waals surface area contributed by atoms with Crippen LogP contribution in [0.25, 0.3) is 0 Å². The van der Waals surface area contributed by atoms with Crippen LogP contribution in [0.2, 0.25) is 0 Å². The smallest absolute Gasteiger partial charge is 0.108 e. The first kappa shape index (κ1) is 10.6. The summed E-state index contributed by atoms with van der Waals surface area (Å²) in [5, 5.41) is 17.0. The fraction of sp³-hybridized carbons (Fsp3) is 0.818. The van der Waals surface area contributed by atoms with E-state index in [4.69, 9.17) is 5.11 Å². The summed E-state index contributed by atoms with van der Waals surface area (Å²) in [6.45, 7) is -0.00722. The van der Waals surface area contributed by atoms with Crippen LogP contribution in [0, 0.1) is 0 Å². The predicted molar refractivity (Wildman–Crippen MR) is 57.3 cm³/mol. The molecule has 1 saturated carbocycles. The molecule has 1 fully saturated rings. The molecule has 84 valence electrons. The molecule has 0 aromatic carbocycles. The van der Waals surface area contributed by atoms with Crippen molar-refractivity contribution in [2.75, 3.05) is 0 Å². The maximum absolute atomic E-state index is 8.93. The van der Waals surface area contributed by atoms with E-state index in [1.54, 1.807) is 0 Å². The Morgan fingerprint density at radius 2 is 1.87 bits per heavy atom. The topological polar surface area (TPSA) is 50.9 Å². The van der Waals surface area contributed by atoms with Crippen molar-refractivity contribution in [1.29, 1.82) is 0 Å². The van der Waals surface area contributed by atoms with Crippen molar-refractivity contribution in [2.24, 2.45) is 0 Å². The molecule has 0 saturated heterocycles. The van der Waals surface area contributed by atoms with Crippen LogP contribution in [0.5, 0.6) is 0 Å². The van der Waals surface area contributed by atoms with Crippen LogP contribution < -0.4 is 0 Å². The van der Waals surface area contributed by atoms with Crippen molar-refractivity contribution in [3.8, 4) is 0 Å². The molecule has 1 aliphatic carbocycles. The zero-order valence-corrected chi connectivity index (χ0v) is 9.10. The lowest BCUT2D eigenvalue weighted by Gasteiger charge is -2.19. The second-order valence-electron chi connectivity index (χ2n) is 4.35. The lowest BCUT2D eigenvalue weighted by molar-refractivity contribution is 0.276. The van der Waals surface area contributed by atoms with Crippen LogP contribution in [-0.2, 0) is 6.61 Å². The van der Waals surface area contributed by atoms with Crippen molar-refractivity contribution >= 4 is 0 Å². The molecule has 0 aliphatic heterocycles. The van der Waals surface area contributed by atoms with Crippen LogP contribution in [0.1, 0.15) is 56.7 Å². The highest BCUT2D eigenvalue weighted by atomic mass is 16.3. The van der Waals surface area contributed by atoms with Crippen LogP contribution in [0.3, 0.4) is 0 Å². The van der Waals surface area contributed by atoms with Gasteiger partial charge in [0, 0.05) is 0 Å². The van der Waals surface area contributed by atoms with E-state index in [0.717, 1.165) is 0 Å². The molecule has 4 heteroatoms. The van der Waals surface area contributed by atoms with Crippen molar-refractivity contribution < 1.29 is 5.11 Å². The lowest BCUT2D eigenvalue weighted by atomic mass is 9.97. The predicted octanol–water partition coefficient (Wildman–Crippen LogP) is 2.06. The molecular formula is C11H19N3O. The number of nitrogens with zero attached hydrogens (tertiary/aromatic N) is 3.